The first-order valence-corrected chi connectivity index (χ1v) is 7.22. The van der Waals surface area contributed by atoms with Crippen LogP contribution in [0.4, 0.5) is 0 Å². The maximum atomic E-state index is 3.59. The minimum Gasteiger partial charge on any atom is -0.308 e. The van der Waals surface area contributed by atoms with Gasteiger partial charge in [-0.2, -0.15) is 0 Å². The standard InChI is InChI=1S/C18H29N/c1-13(2)17(12-19-18(5,6)7)11-16-10-8-9-14(3)15(16)4/h8-11,13,19H,12H2,1-7H3. The highest BCUT2D eigenvalue weighted by molar-refractivity contribution is 5.58. The third-order valence-corrected chi connectivity index (χ3v) is 3.55. The zero-order valence-electron chi connectivity index (χ0n) is 13.6. The Morgan fingerprint density at radius 3 is 2.37 bits per heavy atom. The molecule has 0 radical (unpaired) electrons. The van der Waals surface area contributed by atoms with Gasteiger partial charge in [-0.1, -0.05) is 43.7 Å². The van der Waals surface area contributed by atoms with Crippen molar-refractivity contribution in [1.29, 1.82) is 0 Å². The summed E-state index contributed by atoms with van der Waals surface area (Å²) in [5, 5.41) is 3.59. The van der Waals surface area contributed by atoms with E-state index in [1.165, 1.54) is 22.3 Å². The molecule has 0 saturated heterocycles. The average molecular weight is 259 g/mol. The Kier molecular flexibility index (Phi) is 5.37. The molecule has 0 aromatic heterocycles. The number of hydrogen-bond donors (Lipinski definition) is 1. The number of hydrogen-bond acceptors (Lipinski definition) is 1. The topological polar surface area (TPSA) is 12.0 Å². The lowest BCUT2D eigenvalue weighted by Gasteiger charge is -2.23. The molecule has 1 nitrogen and oxygen atoms in total. The molecule has 0 heterocycles. The van der Waals surface area contributed by atoms with Gasteiger partial charge in [-0.3, -0.25) is 0 Å². The highest BCUT2D eigenvalue weighted by atomic mass is 14.9. The molecule has 19 heavy (non-hydrogen) atoms. The first-order chi connectivity index (χ1) is 8.70. The monoisotopic (exact) mass is 259 g/mol. The van der Waals surface area contributed by atoms with E-state index < -0.39 is 0 Å². The highest BCUT2D eigenvalue weighted by Gasteiger charge is 2.11. The molecule has 0 bridgehead atoms. The average Bonchev–Trinajstić information content (AvgIpc) is 2.28. The molecule has 1 rings (SSSR count). The van der Waals surface area contributed by atoms with Crippen LogP contribution < -0.4 is 5.32 Å². The van der Waals surface area contributed by atoms with Gasteiger partial charge < -0.3 is 5.32 Å². The van der Waals surface area contributed by atoms with Crippen molar-refractivity contribution in [2.24, 2.45) is 5.92 Å². The van der Waals surface area contributed by atoms with Crippen LogP contribution in [0.2, 0.25) is 0 Å². The predicted molar refractivity (Wildman–Crippen MR) is 86.5 cm³/mol. The zero-order chi connectivity index (χ0) is 14.6. The molecule has 0 unspecified atom stereocenters. The molecule has 1 N–H and O–H groups in total. The molecular formula is C18H29N. The summed E-state index contributed by atoms with van der Waals surface area (Å²) < 4.78 is 0. The predicted octanol–water partition coefficient (Wildman–Crippen LogP) is 4.73. The van der Waals surface area contributed by atoms with Crippen molar-refractivity contribution in [3.8, 4) is 0 Å². The molecule has 0 aliphatic carbocycles. The summed E-state index contributed by atoms with van der Waals surface area (Å²) in [5.74, 6) is 0.565. The van der Waals surface area contributed by atoms with Crippen molar-refractivity contribution >= 4 is 6.08 Å². The first-order valence-electron chi connectivity index (χ1n) is 7.22. The summed E-state index contributed by atoms with van der Waals surface area (Å²) in [4.78, 5) is 0. The second-order valence-corrected chi connectivity index (χ2v) is 6.77. The van der Waals surface area contributed by atoms with Crippen LogP contribution in [-0.4, -0.2) is 12.1 Å². The van der Waals surface area contributed by atoms with Gasteiger partial charge >= 0.3 is 0 Å². The molecule has 1 aromatic rings. The third kappa shape index (κ3) is 5.20. The summed E-state index contributed by atoms with van der Waals surface area (Å²) in [7, 11) is 0. The Bertz CT molecular complexity index is 447. The Labute approximate surface area is 119 Å². The van der Waals surface area contributed by atoms with Crippen molar-refractivity contribution in [2.45, 2.75) is 54.0 Å². The van der Waals surface area contributed by atoms with E-state index in [0.717, 1.165) is 6.54 Å². The fourth-order valence-electron chi connectivity index (χ4n) is 1.92. The Morgan fingerprint density at radius 1 is 1.21 bits per heavy atom. The largest absolute Gasteiger partial charge is 0.308 e. The van der Waals surface area contributed by atoms with Crippen LogP contribution in [0, 0.1) is 19.8 Å². The van der Waals surface area contributed by atoms with Crippen LogP contribution in [0.15, 0.2) is 23.8 Å². The molecule has 1 heteroatoms. The summed E-state index contributed by atoms with van der Waals surface area (Å²) in [5.41, 5.74) is 5.72. The minimum atomic E-state index is 0.162. The second kappa shape index (κ2) is 6.38. The molecule has 0 aliphatic heterocycles. The summed E-state index contributed by atoms with van der Waals surface area (Å²) in [6, 6.07) is 6.53. The highest BCUT2D eigenvalue weighted by Crippen LogP contribution is 2.19. The van der Waals surface area contributed by atoms with Crippen molar-refractivity contribution in [1.82, 2.24) is 5.32 Å². The lowest BCUT2D eigenvalue weighted by atomic mass is 9.95. The Hall–Kier alpha value is -1.08. The smallest absolute Gasteiger partial charge is 0.0175 e. The molecule has 0 spiro atoms. The van der Waals surface area contributed by atoms with Crippen LogP contribution in [-0.2, 0) is 0 Å². The SMILES string of the molecule is Cc1cccc(C=C(CNC(C)(C)C)C(C)C)c1C. The van der Waals surface area contributed by atoms with E-state index in [2.05, 4.69) is 78.1 Å². The first kappa shape index (κ1) is 16.0. The second-order valence-electron chi connectivity index (χ2n) is 6.77. The lowest BCUT2D eigenvalue weighted by molar-refractivity contribution is 0.437. The summed E-state index contributed by atoms with van der Waals surface area (Å²) in [6.45, 7) is 16.5. The molecule has 0 amide bonds. The molecule has 0 aliphatic rings. The zero-order valence-corrected chi connectivity index (χ0v) is 13.6. The van der Waals surface area contributed by atoms with Crippen LogP contribution in [0.5, 0.6) is 0 Å². The minimum absolute atomic E-state index is 0.162. The summed E-state index contributed by atoms with van der Waals surface area (Å²) in [6.07, 6.45) is 2.35. The van der Waals surface area contributed by atoms with Gasteiger partial charge in [0.25, 0.3) is 0 Å². The van der Waals surface area contributed by atoms with Crippen LogP contribution in [0.3, 0.4) is 0 Å². The van der Waals surface area contributed by atoms with Crippen molar-refractivity contribution in [2.75, 3.05) is 6.54 Å². The van der Waals surface area contributed by atoms with E-state index in [4.69, 9.17) is 0 Å². The van der Waals surface area contributed by atoms with Gasteiger partial charge in [-0.25, -0.2) is 0 Å². The molecule has 106 valence electrons. The van der Waals surface area contributed by atoms with Gasteiger partial charge in [0.05, 0.1) is 0 Å². The van der Waals surface area contributed by atoms with Crippen LogP contribution >= 0.6 is 0 Å². The van der Waals surface area contributed by atoms with Crippen molar-refractivity contribution < 1.29 is 0 Å². The quantitative estimate of drug-likeness (QED) is 0.824. The molecular weight excluding hydrogens is 230 g/mol. The maximum absolute atomic E-state index is 3.59. The number of rotatable bonds is 4. The lowest BCUT2D eigenvalue weighted by Crippen LogP contribution is -2.37. The van der Waals surface area contributed by atoms with Gasteiger partial charge in [0.15, 0.2) is 0 Å². The van der Waals surface area contributed by atoms with Gasteiger partial charge in [-0.05, 0) is 57.2 Å². The van der Waals surface area contributed by atoms with E-state index >= 15 is 0 Å². The van der Waals surface area contributed by atoms with E-state index in [1.807, 2.05) is 0 Å². The fraction of sp³-hybridized carbons (Fsp3) is 0.556. The Morgan fingerprint density at radius 2 is 1.84 bits per heavy atom. The van der Waals surface area contributed by atoms with Gasteiger partial charge in [0.2, 0.25) is 0 Å². The number of benzene rings is 1. The number of nitrogens with one attached hydrogen (secondary N) is 1. The maximum Gasteiger partial charge on any atom is 0.0175 e. The molecule has 1 aromatic carbocycles. The Balaban J connectivity index is 2.98. The normalized spacial score (nSPS) is 13.2. The van der Waals surface area contributed by atoms with Gasteiger partial charge in [-0.15, -0.1) is 0 Å². The molecule has 0 saturated carbocycles. The molecule has 0 fully saturated rings. The van der Waals surface area contributed by atoms with Crippen molar-refractivity contribution in [3.05, 3.63) is 40.5 Å². The van der Waals surface area contributed by atoms with Gasteiger partial charge in [0, 0.05) is 12.1 Å². The van der Waals surface area contributed by atoms with E-state index in [9.17, 15) is 0 Å². The van der Waals surface area contributed by atoms with Crippen LogP contribution in [0.25, 0.3) is 6.08 Å². The number of aryl methyl sites for hydroxylation is 1. The van der Waals surface area contributed by atoms with E-state index in [-0.39, 0.29) is 5.54 Å². The third-order valence-electron chi connectivity index (χ3n) is 3.55. The molecule has 0 atom stereocenters. The van der Waals surface area contributed by atoms with E-state index in [0.29, 0.717) is 5.92 Å². The fourth-order valence-corrected chi connectivity index (χ4v) is 1.92. The summed E-state index contributed by atoms with van der Waals surface area (Å²) >= 11 is 0. The van der Waals surface area contributed by atoms with Gasteiger partial charge in [0.1, 0.15) is 0 Å². The van der Waals surface area contributed by atoms with E-state index in [1.54, 1.807) is 0 Å². The van der Waals surface area contributed by atoms with Crippen molar-refractivity contribution in [3.63, 3.8) is 0 Å². The van der Waals surface area contributed by atoms with Crippen LogP contribution in [0.1, 0.15) is 51.3 Å².